The fraction of sp³-hybridized carbons (Fsp3) is 0.385. The van der Waals surface area contributed by atoms with Crippen LogP contribution in [0.15, 0.2) is 18.2 Å². The lowest BCUT2D eigenvalue weighted by atomic mass is 10.1. The van der Waals surface area contributed by atoms with Crippen molar-refractivity contribution in [3.05, 3.63) is 35.4 Å². The van der Waals surface area contributed by atoms with Gasteiger partial charge in [-0.3, -0.25) is 9.59 Å². The first-order chi connectivity index (χ1) is 8.40. The zero-order chi connectivity index (χ0) is 13.7. The molecule has 0 unspecified atom stereocenters. The second-order valence-electron chi connectivity index (χ2n) is 4.09. The van der Waals surface area contributed by atoms with Crippen molar-refractivity contribution in [2.75, 3.05) is 0 Å². The van der Waals surface area contributed by atoms with Gasteiger partial charge in [-0.1, -0.05) is 0 Å². The Hall–Kier alpha value is -1.78. The van der Waals surface area contributed by atoms with Crippen molar-refractivity contribution in [3.63, 3.8) is 0 Å². The summed E-state index contributed by atoms with van der Waals surface area (Å²) in [5, 5.41) is 0. The molecule has 18 heavy (non-hydrogen) atoms. The van der Waals surface area contributed by atoms with E-state index >= 15 is 0 Å². The van der Waals surface area contributed by atoms with Gasteiger partial charge in [0.15, 0.2) is 17.4 Å². The van der Waals surface area contributed by atoms with Crippen LogP contribution < -0.4 is 0 Å². The molecule has 0 bridgehead atoms. The van der Waals surface area contributed by atoms with Crippen LogP contribution in [0.4, 0.5) is 8.78 Å². The second kappa shape index (κ2) is 6.23. The first-order valence-electron chi connectivity index (χ1n) is 5.58. The number of ether oxygens (including phenoxy) is 1. The highest BCUT2D eigenvalue weighted by molar-refractivity contribution is 5.97. The molecular formula is C13H14F2O3. The molecule has 3 nitrogen and oxygen atoms in total. The van der Waals surface area contributed by atoms with E-state index in [9.17, 15) is 18.4 Å². The van der Waals surface area contributed by atoms with E-state index in [1.807, 2.05) is 0 Å². The van der Waals surface area contributed by atoms with Gasteiger partial charge in [-0.2, -0.15) is 0 Å². The molecule has 0 saturated heterocycles. The van der Waals surface area contributed by atoms with Crippen LogP contribution in [0, 0.1) is 11.6 Å². The number of carbonyl (C=O) groups excluding carboxylic acids is 2. The number of rotatable bonds is 5. The van der Waals surface area contributed by atoms with Crippen molar-refractivity contribution >= 4 is 11.8 Å². The molecule has 0 aliphatic rings. The Labute approximate surface area is 104 Å². The molecule has 0 aromatic heterocycles. The number of halogens is 2. The number of benzene rings is 1. The molecule has 0 aliphatic heterocycles. The van der Waals surface area contributed by atoms with Gasteiger partial charge in [0, 0.05) is 12.0 Å². The highest BCUT2D eigenvalue weighted by Crippen LogP contribution is 2.12. The second-order valence-corrected chi connectivity index (χ2v) is 4.09. The zero-order valence-corrected chi connectivity index (χ0v) is 10.2. The highest BCUT2D eigenvalue weighted by atomic mass is 19.2. The monoisotopic (exact) mass is 256 g/mol. The largest absolute Gasteiger partial charge is 0.463 e. The van der Waals surface area contributed by atoms with Crippen molar-refractivity contribution in [1.82, 2.24) is 0 Å². The van der Waals surface area contributed by atoms with Crippen LogP contribution in [0.5, 0.6) is 0 Å². The number of Topliss-reactive ketones (excluding diaryl/α,β-unsaturated/α-hetero) is 1. The Balaban J connectivity index is 2.55. The summed E-state index contributed by atoms with van der Waals surface area (Å²) >= 11 is 0. The quantitative estimate of drug-likeness (QED) is 0.601. The van der Waals surface area contributed by atoms with E-state index in [0.29, 0.717) is 0 Å². The summed E-state index contributed by atoms with van der Waals surface area (Å²) in [6, 6.07) is 2.90. The summed E-state index contributed by atoms with van der Waals surface area (Å²) in [5.74, 6) is -2.99. The SMILES string of the molecule is CC(C)OC(=O)CCC(=O)c1ccc(F)c(F)c1. The molecule has 98 valence electrons. The molecule has 0 spiro atoms. The fourth-order valence-electron chi connectivity index (χ4n) is 1.35. The van der Waals surface area contributed by atoms with Crippen molar-refractivity contribution in [1.29, 1.82) is 0 Å². The average molecular weight is 256 g/mol. The van der Waals surface area contributed by atoms with Crippen LogP contribution >= 0.6 is 0 Å². The normalized spacial score (nSPS) is 10.5. The summed E-state index contributed by atoms with van der Waals surface area (Å²) in [7, 11) is 0. The number of hydrogen-bond donors (Lipinski definition) is 0. The molecule has 0 N–H and O–H groups in total. The summed E-state index contributed by atoms with van der Waals surface area (Å²) in [4.78, 5) is 22.8. The molecule has 5 heteroatoms. The topological polar surface area (TPSA) is 43.4 Å². The molecule has 0 radical (unpaired) electrons. The van der Waals surface area contributed by atoms with Gasteiger partial charge < -0.3 is 4.74 Å². The first kappa shape index (κ1) is 14.3. The summed E-state index contributed by atoms with van der Waals surface area (Å²) < 4.78 is 30.4. The number of esters is 1. The first-order valence-corrected chi connectivity index (χ1v) is 5.58. The van der Waals surface area contributed by atoms with Crippen molar-refractivity contribution < 1.29 is 23.1 Å². The lowest BCUT2D eigenvalue weighted by Crippen LogP contribution is -2.13. The lowest BCUT2D eigenvalue weighted by Gasteiger charge is -2.07. The number of ketones is 1. The standard InChI is InChI=1S/C13H14F2O3/c1-8(2)18-13(17)6-5-12(16)9-3-4-10(14)11(15)7-9/h3-4,7-8H,5-6H2,1-2H3. The van der Waals surface area contributed by atoms with Gasteiger partial charge in [0.2, 0.25) is 0 Å². The highest BCUT2D eigenvalue weighted by Gasteiger charge is 2.13. The third-order valence-corrected chi connectivity index (χ3v) is 2.16. The molecule has 0 aliphatic carbocycles. The molecular weight excluding hydrogens is 242 g/mol. The van der Waals surface area contributed by atoms with Crippen molar-refractivity contribution in [3.8, 4) is 0 Å². The average Bonchev–Trinajstić information content (AvgIpc) is 2.28. The minimum Gasteiger partial charge on any atom is -0.463 e. The van der Waals surface area contributed by atoms with Gasteiger partial charge in [-0.25, -0.2) is 8.78 Å². The predicted molar refractivity (Wildman–Crippen MR) is 61.2 cm³/mol. The molecule has 1 aromatic rings. The molecule has 1 aromatic carbocycles. The third kappa shape index (κ3) is 4.24. The van der Waals surface area contributed by atoms with Gasteiger partial charge in [0.1, 0.15) is 0 Å². The van der Waals surface area contributed by atoms with E-state index in [1.165, 1.54) is 6.07 Å². The lowest BCUT2D eigenvalue weighted by molar-refractivity contribution is -0.147. The molecule has 1 rings (SSSR count). The maximum Gasteiger partial charge on any atom is 0.306 e. The predicted octanol–water partition coefficient (Wildman–Crippen LogP) is 2.88. The van der Waals surface area contributed by atoms with Crippen LogP contribution in [0.3, 0.4) is 0 Å². The van der Waals surface area contributed by atoms with Crippen LogP contribution in [0.1, 0.15) is 37.0 Å². The van der Waals surface area contributed by atoms with E-state index in [1.54, 1.807) is 13.8 Å². The van der Waals surface area contributed by atoms with Crippen LogP contribution in [0.2, 0.25) is 0 Å². The minimum absolute atomic E-state index is 0.0475. The number of hydrogen-bond acceptors (Lipinski definition) is 3. The van der Waals surface area contributed by atoms with Gasteiger partial charge in [-0.05, 0) is 32.0 Å². The van der Waals surface area contributed by atoms with Gasteiger partial charge in [0.05, 0.1) is 12.5 Å². The molecule has 0 heterocycles. The van der Waals surface area contributed by atoms with Crippen LogP contribution in [-0.4, -0.2) is 17.9 Å². The van der Waals surface area contributed by atoms with Gasteiger partial charge in [0.25, 0.3) is 0 Å². The summed E-state index contributed by atoms with van der Waals surface area (Å²) in [6.07, 6.45) is -0.400. The van der Waals surface area contributed by atoms with Crippen molar-refractivity contribution in [2.45, 2.75) is 32.8 Å². The Morgan fingerprint density at radius 3 is 2.39 bits per heavy atom. The molecule has 0 amide bonds. The number of carbonyl (C=O) groups is 2. The van der Waals surface area contributed by atoms with E-state index in [4.69, 9.17) is 4.74 Å². The summed E-state index contributed by atoms with van der Waals surface area (Å²) in [5.41, 5.74) is 0.0475. The molecule has 0 atom stereocenters. The van der Waals surface area contributed by atoms with E-state index in [-0.39, 0.29) is 24.5 Å². The van der Waals surface area contributed by atoms with E-state index in [0.717, 1.165) is 12.1 Å². The Morgan fingerprint density at radius 1 is 1.17 bits per heavy atom. The van der Waals surface area contributed by atoms with Crippen LogP contribution in [0.25, 0.3) is 0 Å². The fourth-order valence-corrected chi connectivity index (χ4v) is 1.35. The minimum atomic E-state index is -1.08. The molecule has 0 fully saturated rings. The van der Waals surface area contributed by atoms with E-state index < -0.39 is 23.4 Å². The van der Waals surface area contributed by atoms with Crippen molar-refractivity contribution in [2.24, 2.45) is 0 Å². The summed E-state index contributed by atoms with van der Waals surface area (Å²) in [6.45, 7) is 3.41. The van der Waals surface area contributed by atoms with Crippen LogP contribution in [-0.2, 0) is 9.53 Å². The Kier molecular flexibility index (Phi) is 4.95. The zero-order valence-electron chi connectivity index (χ0n) is 10.2. The Bertz CT molecular complexity index is 456. The third-order valence-electron chi connectivity index (χ3n) is 2.16. The van der Waals surface area contributed by atoms with Gasteiger partial charge in [-0.15, -0.1) is 0 Å². The van der Waals surface area contributed by atoms with Gasteiger partial charge >= 0.3 is 5.97 Å². The maximum atomic E-state index is 12.9. The molecule has 0 saturated carbocycles. The Morgan fingerprint density at radius 2 is 1.83 bits per heavy atom. The van der Waals surface area contributed by atoms with E-state index in [2.05, 4.69) is 0 Å². The smallest absolute Gasteiger partial charge is 0.306 e. The maximum absolute atomic E-state index is 12.9.